The Morgan fingerprint density at radius 1 is 0.943 bits per heavy atom. The summed E-state index contributed by atoms with van der Waals surface area (Å²) in [5, 5.41) is 9.76. The second kappa shape index (κ2) is 8.41. The van der Waals surface area contributed by atoms with Gasteiger partial charge in [0.05, 0.1) is 28.8 Å². The summed E-state index contributed by atoms with van der Waals surface area (Å²) < 4.78 is 112. The molecule has 0 bridgehead atoms. The normalized spacial score (nSPS) is 18.7. The maximum Gasteiger partial charge on any atom is 0.418 e. The first-order valence-corrected chi connectivity index (χ1v) is 10.0. The van der Waals surface area contributed by atoms with Gasteiger partial charge in [0.1, 0.15) is 5.82 Å². The van der Waals surface area contributed by atoms with E-state index in [1.54, 1.807) is 0 Å². The first kappa shape index (κ1) is 24.3. The van der Waals surface area contributed by atoms with Gasteiger partial charge < -0.3 is 5.73 Å². The fourth-order valence-corrected chi connectivity index (χ4v) is 4.43. The summed E-state index contributed by atoms with van der Waals surface area (Å²) >= 11 is 0. The van der Waals surface area contributed by atoms with Crippen LogP contribution in [0.3, 0.4) is 0 Å². The molecule has 4 rings (SSSR count). The van der Waals surface area contributed by atoms with Crippen LogP contribution in [-0.2, 0) is 11.0 Å². The lowest BCUT2D eigenvalue weighted by molar-refractivity contribution is -0.137. The molecular formula is C23H13F8N3O. The number of alkyl halides is 3. The highest BCUT2D eigenvalue weighted by molar-refractivity contribution is 6.01. The molecule has 0 saturated carbocycles. The minimum Gasteiger partial charge on any atom is -0.384 e. The van der Waals surface area contributed by atoms with Gasteiger partial charge in [0.25, 0.3) is 0 Å². The highest BCUT2D eigenvalue weighted by atomic mass is 19.4. The maximum absolute atomic E-state index is 14.8. The summed E-state index contributed by atoms with van der Waals surface area (Å²) in [5.41, 5.74) is 1.19. The average Bonchev–Trinajstić information content (AvgIpc) is 2.81. The van der Waals surface area contributed by atoms with Crippen molar-refractivity contribution in [2.75, 3.05) is 4.90 Å². The molecule has 1 heterocycles. The van der Waals surface area contributed by atoms with E-state index in [4.69, 9.17) is 5.73 Å². The Morgan fingerprint density at radius 2 is 1.51 bits per heavy atom. The molecule has 0 saturated heterocycles. The minimum absolute atomic E-state index is 0.112. The predicted octanol–water partition coefficient (Wildman–Crippen LogP) is 5.71. The van der Waals surface area contributed by atoms with Crippen molar-refractivity contribution in [3.63, 3.8) is 0 Å². The number of hydrogen-bond acceptors (Lipinski definition) is 4. The first-order valence-electron chi connectivity index (χ1n) is 10.0. The van der Waals surface area contributed by atoms with Crippen molar-refractivity contribution >= 4 is 11.5 Å². The van der Waals surface area contributed by atoms with Gasteiger partial charge in [0, 0.05) is 23.3 Å². The summed E-state index contributed by atoms with van der Waals surface area (Å²) in [7, 11) is 0. The predicted molar refractivity (Wildman–Crippen MR) is 106 cm³/mol. The molecule has 0 aromatic heterocycles. The summed E-state index contributed by atoms with van der Waals surface area (Å²) in [6, 6.07) is 5.59. The van der Waals surface area contributed by atoms with Crippen molar-refractivity contribution < 1.29 is 39.9 Å². The van der Waals surface area contributed by atoms with E-state index in [0.717, 1.165) is 23.1 Å². The van der Waals surface area contributed by atoms with Crippen LogP contribution in [0.1, 0.15) is 36.3 Å². The van der Waals surface area contributed by atoms with Crippen LogP contribution in [0.2, 0.25) is 0 Å². The van der Waals surface area contributed by atoms with E-state index in [0.29, 0.717) is 0 Å². The van der Waals surface area contributed by atoms with Gasteiger partial charge >= 0.3 is 6.18 Å². The lowest BCUT2D eigenvalue weighted by Gasteiger charge is -2.40. The van der Waals surface area contributed by atoms with E-state index in [-0.39, 0.29) is 25.0 Å². The van der Waals surface area contributed by atoms with Crippen molar-refractivity contribution in [2.45, 2.75) is 31.4 Å². The first-order chi connectivity index (χ1) is 16.4. The number of Topliss-reactive ketones (excluding diaryl/α,β-unsaturated/α-hetero) is 1. The summed E-state index contributed by atoms with van der Waals surface area (Å²) in [6.45, 7) is 0. The number of nitriles is 1. The molecular weight excluding hydrogens is 486 g/mol. The van der Waals surface area contributed by atoms with Crippen LogP contribution < -0.4 is 10.6 Å². The van der Waals surface area contributed by atoms with Gasteiger partial charge in [-0.25, -0.2) is 22.0 Å². The van der Waals surface area contributed by atoms with Gasteiger partial charge in [-0.05, 0) is 25.0 Å². The van der Waals surface area contributed by atoms with E-state index in [1.807, 2.05) is 0 Å². The Balaban J connectivity index is 2.09. The Kier molecular flexibility index (Phi) is 5.82. The standard InChI is InChI=1S/C23H13F8N3O/c24-17-16(18(25)20(27)21(28)19(17)26)14-9(8-32)22(33)34(12-6-3-7-13(35)15(12)14)11-5-2-1-4-10(11)23(29,30)31/h1-2,4-5,14H,3,6-7,33H2/t14-/m1/s1. The number of hydrogen-bond donors (Lipinski definition) is 1. The fraction of sp³-hybridized carbons (Fsp3) is 0.217. The van der Waals surface area contributed by atoms with Crippen molar-refractivity contribution in [2.24, 2.45) is 5.73 Å². The quantitative estimate of drug-likeness (QED) is 0.327. The summed E-state index contributed by atoms with van der Waals surface area (Å²) in [6.07, 6.45) is -5.11. The molecule has 2 N–H and O–H groups in total. The van der Waals surface area contributed by atoms with Crippen LogP contribution in [0.5, 0.6) is 0 Å². The van der Waals surface area contributed by atoms with Crippen LogP contribution in [-0.4, -0.2) is 5.78 Å². The zero-order valence-electron chi connectivity index (χ0n) is 17.4. The Hall–Kier alpha value is -3.88. The molecule has 1 aliphatic carbocycles. The minimum atomic E-state index is -4.89. The topological polar surface area (TPSA) is 70.1 Å². The van der Waals surface area contributed by atoms with Crippen molar-refractivity contribution in [3.8, 4) is 6.07 Å². The van der Waals surface area contributed by atoms with Crippen molar-refractivity contribution in [1.82, 2.24) is 0 Å². The fourth-order valence-electron chi connectivity index (χ4n) is 4.43. The molecule has 1 aliphatic heterocycles. The Bertz CT molecular complexity index is 1340. The summed E-state index contributed by atoms with van der Waals surface area (Å²) in [4.78, 5) is 13.7. The van der Waals surface area contributed by atoms with Crippen LogP contribution in [0, 0.1) is 40.4 Å². The second-order valence-electron chi connectivity index (χ2n) is 7.81. The molecule has 0 unspecified atom stereocenters. The third-order valence-electron chi connectivity index (χ3n) is 5.90. The largest absolute Gasteiger partial charge is 0.418 e. The molecule has 1 atom stereocenters. The number of nitrogens with two attached hydrogens (primary N) is 1. The van der Waals surface area contributed by atoms with E-state index >= 15 is 0 Å². The van der Waals surface area contributed by atoms with Gasteiger partial charge in [-0.3, -0.25) is 9.69 Å². The molecule has 2 aromatic rings. The van der Waals surface area contributed by atoms with Crippen molar-refractivity contribution in [1.29, 1.82) is 5.26 Å². The molecule has 35 heavy (non-hydrogen) atoms. The number of anilines is 1. The smallest absolute Gasteiger partial charge is 0.384 e. The molecule has 182 valence electrons. The molecule has 0 radical (unpaired) electrons. The van der Waals surface area contributed by atoms with Crippen molar-refractivity contribution in [3.05, 3.63) is 87.1 Å². The third-order valence-corrected chi connectivity index (χ3v) is 5.90. The lowest BCUT2D eigenvalue weighted by atomic mass is 9.75. The molecule has 0 amide bonds. The van der Waals surface area contributed by atoms with Gasteiger partial charge in [0.15, 0.2) is 29.1 Å². The van der Waals surface area contributed by atoms with Crippen LogP contribution >= 0.6 is 0 Å². The molecule has 2 aromatic carbocycles. The molecule has 0 fully saturated rings. The van der Waals surface area contributed by atoms with Gasteiger partial charge in [-0.1, -0.05) is 12.1 Å². The third kappa shape index (κ3) is 3.62. The zero-order chi connectivity index (χ0) is 25.8. The van der Waals surface area contributed by atoms with Crippen LogP contribution in [0.4, 0.5) is 40.8 Å². The number of rotatable bonds is 2. The van der Waals surface area contributed by atoms with Crippen LogP contribution in [0.25, 0.3) is 0 Å². The maximum atomic E-state index is 14.8. The highest BCUT2D eigenvalue weighted by Crippen LogP contribution is 2.49. The zero-order valence-corrected chi connectivity index (χ0v) is 17.4. The monoisotopic (exact) mass is 499 g/mol. The lowest BCUT2D eigenvalue weighted by Crippen LogP contribution is -2.40. The average molecular weight is 499 g/mol. The van der Waals surface area contributed by atoms with E-state index in [2.05, 4.69) is 0 Å². The highest BCUT2D eigenvalue weighted by Gasteiger charge is 2.46. The SMILES string of the molecule is N#CC1=C(N)N(c2ccccc2C(F)(F)F)C2=C(C(=O)CCC2)[C@@H]1c1c(F)c(F)c(F)c(F)c1F. The van der Waals surface area contributed by atoms with Crippen LogP contribution in [0.15, 0.2) is 46.9 Å². The number of allylic oxidation sites excluding steroid dienone is 3. The number of carbonyl (C=O) groups excluding carboxylic acids is 1. The van der Waals surface area contributed by atoms with Gasteiger partial charge in [-0.15, -0.1) is 0 Å². The molecule has 2 aliphatic rings. The molecule has 12 heteroatoms. The Labute approximate surface area is 192 Å². The molecule has 0 spiro atoms. The van der Waals surface area contributed by atoms with Gasteiger partial charge in [0.2, 0.25) is 5.82 Å². The number of benzene rings is 2. The number of nitrogens with zero attached hydrogens (tertiary/aromatic N) is 2. The number of para-hydroxylation sites is 1. The van der Waals surface area contributed by atoms with E-state index in [1.165, 1.54) is 12.1 Å². The van der Waals surface area contributed by atoms with E-state index < -0.39 is 80.7 Å². The van der Waals surface area contributed by atoms with E-state index in [9.17, 15) is 45.2 Å². The van der Waals surface area contributed by atoms with Gasteiger partial charge in [-0.2, -0.15) is 18.4 Å². The molecule has 4 nitrogen and oxygen atoms in total. The Morgan fingerprint density at radius 3 is 2.09 bits per heavy atom. The summed E-state index contributed by atoms with van der Waals surface area (Å²) in [5.74, 6) is -15.3. The second-order valence-corrected chi connectivity index (χ2v) is 7.81. The number of carbonyl (C=O) groups is 1. The number of halogens is 8. The number of ketones is 1.